The van der Waals surface area contributed by atoms with Crippen LogP contribution in [0.5, 0.6) is 0 Å². The third-order valence-corrected chi connectivity index (χ3v) is 4.54. The van der Waals surface area contributed by atoms with Gasteiger partial charge in [-0.25, -0.2) is 4.79 Å². The van der Waals surface area contributed by atoms with E-state index in [1.807, 2.05) is 62.3 Å². The van der Waals surface area contributed by atoms with E-state index < -0.39 is 17.4 Å². The highest BCUT2D eigenvalue weighted by atomic mass is 16.6. The van der Waals surface area contributed by atoms with Crippen molar-refractivity contribution in [3.8, 4) is 0 Å². The maximum atomic E-state index is 12.8. The molecular weight excluding hydrogens is 386 g/mol. The van der Waals surface area contributed by atoms with Crippen molar-refractivity contribution in [2.45, 2.75) is 85.8 Å². The van der Waals surface area contributed by atoms with E-state index in [0.717, 1.165) is 0 Å². The quantitative estimate of drug-likeness (QED) is 0.326. The Morgan fingerprint density at radius 1 is 1.17 bits per heavy atom. The van der Waals surface area contributed by atoms with E-state index in [1.54, 1.807) is 4.90 Å². The molecule has 0 aromatic carbocycles. The Hall–Kier alpha value is -2.03. The third-order valence-electron chi connectivity index (χ3n) is 4.54. The highest BCUT2D eigenvalue weighted by Crippen LogP contribution is 2.33. The van der Waals surface area contributed by atoms with Gasteiger partial charge in [-0.1, -0.05) is 13.8 Å². The molecule has 0 saturated carbocycles. The minimum atomic E-state index is -0.783. The zero-order chi connectivity index (χ0) is 23.1. The molecule has 9 nitrogen and oxygen atoms in total. The molecule has 0 radical (unpaired) electrons. The molecule has 2 amide bonds. The maximum absolute atomic E-state index is 12.8. The van der Waals surface area contributed by atoms with Gasteiger partial charge in [0.15, 0.2) is 5.96 Å². The highest BCUT2D eigenvalue weighted by Gasteiger charge is 2.49. The molecule has 0 bridgehead atoms. The Kier molecular flexibility index (Phi) is 9.39. The van der Waals surface area contributed by atoms with Crippen molar-refractivity contribution in [1.82, 2.24) is 20.9 Å². The van der Waals surface area contributed by atoms with Gasteiger partial charge in [-0.2, -0.15) is 0 Å². The monoisotopic (exact) mass is 427 g/mol. The fraction of sp³-hybridized carbons (Fsp3) is 0.857. The van der Waals surface area contributed by atoms with Crippen molar-refractivity contribution >= 4 is 18.0 Å². The number of carbonyl (C=O) groups is 2. The summed E-state index contributed by atoms with van der Waals surface area (Å²) in [6, 6.07) is -0.258. The van der Waals surface area contributed by atoms with E-state index in [9.17, 15) is 9.59 Å². The molecule has 0 spiro atoms. The molecule has 1 rings (SSSR count). The van der Waals surface area contributed by atoms with E-state index in [4.69, 9.17) is 9.47 Å². The first-order valence-electron chi connectivity index (χ1n) is 10.8. The number of guanidine groups is 1. The molecule has 1 heterocycles. The van der Waals surface area contributed by atoms with E-state index in [1.165, 1.54) is 0 Å². The number of nitrogens with one attached hydrogen (secondary N) is 3. The Labute approximate surface area is 181 Å². The molecule has 174 valence electrons. The van der Waals surface area contributed by atoms with E-state index in [-0.39, 0.29) is 24.0 Å². The Balaban J connectivity index is 2.81. The van der Waals surface area contributed by atoms with Crippen LogP contribution in [0.2, 0.25) is 0 Å². The molecule has 0 aromatic rings. The van der Waals surface area contributed by atoms with Gasteiger partial charge in [0, 0.05) is 25.6 Å². The summed E-state index contributed by atoms with van der Waals surface area (Å²) in [5.41, 5.74) is -1.38. The lowest BCUT2D eigenvalue weighted by molar-refractivity contribution is -0.123. The summed E-state index contributed by atoms with van der Waals surface area (Å²) in [6.45, 7) is 19.0. The molecule has 3 N–H and O–H groups in total. The summed E-state index contributed by atoms with van der Waals surface area (Å²) in [4.78, 5) is 30.8. The van der Waals surface area contributed by atoms with Crippen LogP contribution in [-0.2, 0) is 14.3 Å². The normalized spacial score (nSPS) is 21.5. The summed E-state index contributed by atoms with van der Waals surface area (Å²) in [6.07, 6.45) is -0.601. The zero-order valence-electron chi connectivity index (χ0n) is 20.1. The summed E-state index contributed by atoms with van der Waals surface area (Å²) >= 11 is 0. The number of hydrogen-bond acceptors (Lipinski definition) is 5. The van der Waals surface area contributed by atoms with Gasteiger partial charge >= 0.3 is 6.09 Å². The number of aliphatic imine (C=N–C) groups is 1. The van der Waals surface area contributed by atoms with Crippen molar-refractivity contribution in [1.29, 1.82) is 0 Å². The Morgan fingerprint density at radius 2 is 1.77 bits per heavy atom. The van der Waals surface area contributed by atoms with Gasteiger partial charge in [-0.05, 0) is 48.5 Å². The van der Waals surface area contributed by atoms with Crippen LogP contribution in [0.15, 0.2) is 4.99 Å². The van der Waals surface area contributed by atoms with E-state index in [2.05, 4.69) is 20.9 Å². The lowest BCUT2D eigenvalue weighted by Gasteiger charge is -2.34. The predicted molar refractivity (Wildman–Crippen MR) is 118 cm³/mol. The van der Waals surface area contributed by atoms with Gasteiger partial charge in [0.05, 0.1) is 18.7 Å². The topological polar surface area (TPSA) is 104 Å². The summed E-state index contributed by atoms with van der Waals surface area (Å²) in [7, 11) is 0. The zero-order valence-corrected chi connectivity index (χ0v) is 20.1. The van der Waals surface area contributed by atoms with E-state index in [0.29, 0.717) is 32.1 Å². The maximum Gasteiger partial charge on any atom is 0.412 e. The first kappa shape index (κ1) is 26.0. The minimum absolute atomic E-state index is 0.0194. The summed E-state index contributed by atoms with van der Waals surface area (Å²) in [5, 5.41) is 9.26. The second-order valence-electron chi connectivity index (χ2n) is 9.28. The SMILES string of the molecule is CCNC(=NCC1C(C)OC(C)(C)N1C(=O)OC(C)(C)C)NCCNC(=O)C(C)C. The molecule has 0 aliphatic carbocycles. The number of hydrogen-bond donors (Lipinski definition) is 3. The smallest absolute Gasteiger partial charge is 0.412 e. The lowest BCUT2D eigenvalue weighted by atomic mass is 10.1. The number of rotatable bonds is 7. The summed E-state index contributed by atoms with van der Waals surface area (Å²) in [5.74, 6) is 0.598. The summed E-state index contributed by atoms with van der Waals surface area (Å²) < 4.78 is 11.6. The van der Waals surface area contributed by atoms with Crippen LogP contribution in [0.3, 0.4) is 0 Å². The van der Waals surface area contributed by atoms with E-state index >= 15 is 0 Å². The second-order valence-corrected chi connectivity index (χ2v) is 9.28. The van der Waals surface area contributed by atoms with Crippen LogP contribution in [0.1, 0.15) is 62.3 Å². The standard InChI is InChI=1S/C21H41N5O4/c1-10-22-18(24-12-11-23-17(27)14(2)3)25-13-16-15(4)29-21(8,9)26(16)19(28)30-20(5,6)7/h14-16H,10-13H2,1-9H3,(H,23,27)(H2,22,24,25). The largest absolute Gasteiger partial charge is 0.444 e. The molecule has 1 fully saturated rings. The number of ether oxygens (including phenoxy) is 2. The average molecular weight is 428 g/mol. The van der Waals surface area contributed by atoms with Gasteiger partial charge in [0.1, 0.15) is 11.3 Å². The van der Waals surface area contributed by atoms with Crippen molar-refractivity contribution in [2.75, 3.05) is 26.2 Å². The number of carbonyl (C=O) groups excluding carboxylic acids is 2. The lowest BCUT2D eigenvalue weighted by Crippen LogP contribution is -2.51. The molecule has 9 heteroatoms. The van der Waals surface area contributed by atoms with Gasteiger partial charge in [0.25, 0.3) is 0 Å². The fourth-order valence-electron chi connectivity index (χ4n) is 3.19. The molecule has 2 atom stereocenters. The Bertz CT molecular complexity index is 613. The first-order chi connectivity index (χ1) is 13.8. The molecule has 1 saturated heterocycles. The van der Waals surface area contributed by atoms with Crippen molar-refractivity contribution in [2.24, 2.45) is 10.9 Å². The number of amides is 2. The highest BCUT2D eigenvalue weighted by molar-refractivity contribution is 5.80. The molecule has 30 heavy (non-hydrogen) atoms. The van der Waals surface area contributed by atoms with Gasteiger partial charge in [0.2, 0.25) is 5.91 Å². The fourth-order valence-corrected chi connectivity index (χ4v) is 3.19. The van der Waals surface area contributed by atoms with Crippen LogP contribution in [0, 0.1) is 5.92 Å². The van der Waals surface area contributed by atoms with Crippen LogP contribution in [0.4, 0.5) is 4.79 Å². The first-order valence-corrected chi connectivity index (χ1v) is 10.8. The number of nitrogens with zero attached hydrogens (tertiary/aromatic N) is 2. The van der Waals surface area contributed by atoms with Crippen LogP contribution in [-0.4, -0.2) is 72.5 Å². The van der Waals surface area contributed by atoms with Crippen LogP contribution < -0.4 is 16.0 Å². The molecule has 2 unspecified atom stereocenters. The molecule has 1 aliphatic rings. The van der Waals surface area contributed by atoms with Crippen LogP contribution in [0.25, 0.3) is 0 Å². The average Bonchev–Trinajstić information content (AvgIpc) is 2.82. The Morgan fingerprint density at radius 3 is 2.30 bits per heavy atom. The van der Waals surface area contributed by atoms with Gasteiger partial charge in [-0.15, -0.1) is 0 Å². The molecular formula is C21H41N5O4. The van der Waals surface area contributed by atoms with Gasteiger partial charge < -0.3 is 25.4 Å². The van der Waals surface area contributed by atoms with Crippen LogP contribution >= 0.6 is 0 Å². The van der Waals surface area contributed by atoms with Gasteiger partial charge in [-0.3, -0.25) is 14.7 Å². The van der Waals surface area contributed by atoms with Crippen molar-refractivity contribution in [3.63, 3.8) is 0 Å². The minimum Gasteiger partial charge on any atom is -0.444 e. The second kappa shape index (κ2) is 10.8. The third kappa shape index (κ3) is 8.01. The molecule has 1 aliphatic heterocycles. The molecule has 0 aromatic heterocycles. The van der Waals surface area contributed by atoms with Crippen molar-refractivity contribution in [3.05, 3.63) is 0 Å². The van der Waals surface area contributed by atoms with Crippen molar-refractivity contribution < 1.29 is 19.1 Å². The predicted octanol–water partition coefficient (Wildman–Crippen LogP) is 2.07.